The van der Waals surface area contributed by atoms with Gasteiger partial charge in [-0.05, 0) is 31.7 Å². The number of rotatable bonds is 6. The lowest BCUT2D eigenvalue weighted by molar-refractivity contribution is -0.385. The van der Waals surface area contributed by atoms with Crippen LogP contribution in [0.25, 0.3) is 0 Å². The predicted molar refractivity (Wildman–Crippen MR) is 78.7 cm³/mol. The molecule has 1 saturated carbocycles. The summed E-state index contributed by atoms with van der Waals surface area (Å²) in [5.74, 6) is 0.237. The number of nitro benzene ring substituents is 1. The SMILES string of the molecule is Cc1c(Cl)cc(S(=O)(=O)NC(CN)C2CC2)cc1[N+](=O)[O-]. The highest BCUT2D eigenvalue weighted by Gasteiger charge is 2.34. The smallest absolute Gasteiger partial charge is 0.275 e. The van der Waals surface area contributed by atoms with Crippen molar-refractivity contribution in [2.75, 3.05) is 6.54 Å². The van der Waals surface area contributed by atoms with Gasteiger partial charge in [-0.15, -0.1) is 0 Å². The van der Waals surface area contributed by atoms with E-state index in [4.69, 9.17) is 17.3 Å². The molecular weight excluding hydrogens is 318 g/mol. The second-order valence-electron chi connectivity index (χ2n) is 5.11. The first-order chi connectivity index (χ1) is 9.76. The quantitative estimate of drug-likeness (QED) is 0.605. The van der Waals surface area contributed by atoms with Crippen LogP contribution in [0.2, 0.25) is 5.02 Å². The molecule has 1 atom stereocenters. The van der Waals surface area contributed by atoms with Crippen molar-refractivity contribution in [2.24, 2.45) is 11.7 Å². The van der Waals surface area contributed by atoms with Crippen LogP contribution in [0.4, 0.5) is 5.69 Å². The number of benzene rings is 1. The van der Waals surface area contributed by atoms with Crippen molar-refractivity contribution in [1.29, 1.82) is 0 Å². The third-order valence-electron chi connectivity index (χ3n) is 3.55. The van der Waals surface area contributed by atoms with Crippen molar-refractivity contribution in [3.8, 4) is 0 Å². The molecule has 21 heavy (non-hydrogen) atoms. The van der Waals surface area contributed by atoms with Crippen molar-refractivity contribution in [3.05, 3.63) is 32.8 Å². The molecule has 1 aliphatic carbocycles. The second-order valence-corrected chi connectivity index (χ2v) is 7.23. The van der Waals surface area contributed by atoms with E-state index < -0.39 is 14.9 Å². The zero-order chi connectivity index (χ0) is 15.8. The maximum absolute atomic E-state index is 12.3. The number of hydrogen-bond donors (Lipinski definition) is 2. The Kier molecular flexibility index (Phi) is 4.52. The summed E-state index contributed by atoms with van der Waals surface area (Å²) in [4.78, 5) is 10.1. The lowest BCUT2D eigenvalue weighted by atomic mass is 10.2. The first kappa shape index (κ1) is 16.2. The number of nitro groups is 1. The summed E-state index contributed by atoms with van der Waals surface area (Å²) < 4.78 is 27.1. The summed E-state index contributed by atoms with van der Waals surface area (Å²) in [5, 5.41) is 11.0. The molecule has 7 nitrogen and oxygen atoms in total. The highest BCUT2D eigenvalue weighted by atomic mass is 35.5. The zero-order valence-electron chi connectivity index (χ0n) is 11.4. The van der Waals surface area contributed by atoms with Crippen LogP contribution >= 0.6 is 11.6 Å². The largest absolute Gasteiger partial charge is 0.329 e. The first-order valence-corrected chi connectivity index (χ1v) is 8.29. The van der Waals surface area contributed by atoms with E-state index in [2.05, 4.69) is 4.72 Å². The van der Waals surface area contributed by atoms with Crippen molar-refractivity contribution < 1.29 is 13.3 Å². The van der Waals surface area contributed by atoms with Crippen LogP contribution in [-0.2, 0) is 10.0 Å². The number of halogens is 1. The van der Waals surface area contributed by atoms with E-state index in [0.717, 1.165) is 18.9 Å². The molecule has 1 aromatic carbocycles. The van der Waals surface area contributed by atoms with E-state index in [1.807, 2.05) is 0 Å². The van der Waals surface area contributed by atoms with Crippen LogP contribution in [0.5, 0.6) is 0 Å². The lowest BCUT2D eigenvalue weighted by Gasteiger charge is -2.16. The number of nitrogens with two attached hydrogens (primary N) is 1. The number of sulfonamides is 1. The Bertz CT molecular complexity index is 673. The minimum Gasteiger partial charge on any atom is -0.329 e. The summed E-state index contributed by atoms with van der Waals surface area (Å²) in [6, 6.07) is 1.88. The average Bonchev–Trinajstić information content (AvgIpc) is 3.22. The summed E-state index contributed by atoms with van der Waals surface area (Å²) in [7, 11) is -3.89. The minimum absolute atomic E-state index is 0.0419. The molecule has 2 rings (SSSR count). The summed E-state index contributed by atoms with van der Waals surface area (Å²) in [5.41, 5.74) is 5.48. The van der Waals surface area contributed by atoms with Gasteiger partial charge in [-0.25, -0.2) is 13.1 Å². The van der Waals surface area contributed by atoms with E-state index in [1.165, 1.54) is 13.0 Å². The molecule has 0 bridgehead atoms. The monoisotopic (exact) mass is 333 g/mol. The molecule has 0 heterocycles. The van der Waals surface area contributed by atoms with Crippen LogP contribution in [0.15, 0.2) is 17.0 Å². The molecule has 3 N–H and O–H groups in total. The maximum atomic E-state index is 12.3. The first-order valence-electron chi connectivity index (χ1n) is 6.43. The van der Waals surface area contributed by atoms with Gasteiger partial charge in [0.1, 0.15) is 0 Å². The molecule has 0 saturated heterocycles. The topological polar surface area (TPSA) is 115 Å². The van der Waals surface area contributed by atoms with Gasteiger partial charge in [0.05, 0.1) is 14.8 Å². The Hall–Kier alpha value is -1.22. The molecule has 0 spiro atoms. The summed E-state index contributed by atoms with van der Waals surface area (Å²) in [6.07, 6.45) is 1.86. The summed E-state index contributed by atoms with van der Waals surface area (Å²) in [6.45, 7) is 1.66. The van der Waals surface area contributed by atoms with Gasteiger partial charge in [0.25, 0.3) is 5.69 Å². The molecule has 0 aliphatic heterocycles. The fourth-order valence-corrected chi connectivity index (χ4v) is 3.73. The van der Waals surface area contributed by atoms with Gasteiger partial charge in [0.15, 0.2) is 0 Å². The van der Waals surface area contributed by atoms with Gasteiger partial charge in [0.2, 0.25) is 10.0 Å². The highest BCUT2D eigenvalue weighted by molar-refractivity contribution is 7.89. The van der Waals surface area contributed by atoms with Crippen LogP contribution in [-0.4, -0.2) is 25.9 Å². The normalized spacial score (nSPS) is 16.7. The van der Waals surface area contributed by atoms with Gasteiger partial charge in [-0.2, -0.15) is 0 Å². The van der Waals surface area contributed by atoms with Gasteiger partial charge in [-0.3, -0.25) is 10.1 Å². The molecule has 1 unspecified atom stereocenters. The molecule has 0 radical (unpaired) electrons. The molecule has 1 fully saturated rings. The fraction of sp³-hybridized carbons (Fsp3) is 0.500. The zero-order valence-corrected chi connectivity index (χ0v) is 12.9. The molecular formula is C12H16ClN3O4S. The van der Waals surface area contributed by atoms with E-state index in [0.29, 0.717) is 0 Å². The second kappa shape index (κ2) is 5.88. The van der Waals surface area contributed by atoms with Gasteiger partial charge in [-0.1, -0.05) is 11.6 Å². The van der Waals surface area contributed by atoms with Crippen molar-refractivity contribution in [2.45, 2.75) is 30.7 Å². The van der Waals surface area contributed by atoms with Gasteiger partial charge < -0.3 is 5.73 Å². The molecule has 116 valence electrons. The number of nitrogens with one attached hydrogen (secondary N) is 1. The Balaban J connectivity index is 2.37. The van der Waals surface area contributed by atoms with E-state index >= 15 is 0 Å². The Morgan fingerprint density at radius 2 is 2.14 bits per heavy atom. The summed E-state index contributed by atoms with van der Waals surface area (Å²) >= 11 is 5.89. The third kappa shape index (κ3) is 3.52. The minimum atomic E-state index is -3.89. The van der Waals surface area contributed by atoms with Crippen LogP contribution in [0, 0.1) is 23.0 Å². The average molecular weight is 334 g/mol. The van der Waals surface area contributed by atoms with Gasteiger partial charge >= 0.3 is 0 Å². The van der Waals surface area contributed by atoms with Crippen molar-refractivity contribution >= 4 is 27.3 Å². The standard InChI is InChI=1S/C12H16ClN3O4S/c1-7-10(13)4-9(5-12(7)16(17)18)21(19,20)15-11(6-14)8-2-3-8/h4-5,8,11,15H,2-3,6,14H2,1H3. The fourth-order valence-electron chi connectivity index (χ4n) is 2.09. The van der Waals surface area contributed by atoms with Crippen LogP contribution in [0.3, 0.4) is 0 Å². The highest BCUT2D eigenvalue weighted by Crippen LogP contribution is 2.34. The predicted octanol–water partition coefficient (Wildman–Crippen LogP) is 1.57. The lowest BCUT2D eigenvalue weighted by Crippen LogP contribution is -2.41. The molecule has 1 aromatic rings. The van der Waals surface area contributed by atoms with E-state index in [-0.39, 0.29) is 39.7 Å². The Morgan fingerprint density at radius 1 is 1.52 bits per heavy atom. The maximum Gasteiger partial charge on any atom is 0.275 e. The molecule has 0 aromatic heterocycles. The third-order valence-corrected chi connectivity index (χ3v) is 5.41. The Morgan fingerprint density at radius 3 is 2.62 bits per heavy atom. The van der Waals surface area contributed by atoms with Crippen molar-refractivity contribution in [1.82, 2.24) is 4.72 Å². The van der Waals surface area contributed by atoms with Crippen LogP contribution < -0.4 is 10.5 Å². The van der Waals surface area contributed by atoms with E-state index in [9.17, 15) is 18.5 Å². The van der Waals surface area contributed by atoms with E-state index in [1.54, 1.807) is 0 Å². The molecule has 9 heteroatoms. The Labute approximate surface area is 127 Å². The molecule has 0 amide bonds. The van der Waals surface area contributed by atoms with Gasteiger partial charge in [0, 0.05) is 24.2 Å². The molecule has 1 aliphatic rings. The van der Waals surface area contributed by atoms with Crippen LogP contribution in [0.1, 0.15) is 18.4 Å². The number of hydrogen-bond acceptors (Lipinski definition) is 5. The number of nitrogens with zero attached hydrogens (tertiary/aromatic N) is 1. The van der Waals surface area contributed by atoms with Crippen molar-refractivity contribution in [3.63, 3.8) is 0 Å².